The van der Waals surface area contributed by atoms with Crippen molar-refractivity contribution in [2.75, 3.05) is 0 Å². The van der Waals surface area contributed by atoms with Gasteiger partial charge in [-0.25, -0.2) is 0 Å². The van der Waals surface area contributed by atoms with Crippen molar-refractivity contribution < 1.29 is 9.59 Å². The highest BCUT2D eigenvalue weighted by molar-refractivity contribution is 6.28. The van der Waals surface area contributed by atoms with Gasteiger partial charge in [0.05, 0.1) is 5.69 Å². The topological polar surface area (TPSA) is 72.5 Å². The molecule has 1 aliphatic heterocycles. The summed E-state index contributed by atoms with van der Waals surface area (Å²) in [6.07, 6.45) is 0.549. The second-order valence-corrected chi connectivity index (χ2v) is 3.67. The number of Topliss-reactive ketones (excluding diaryl/α,β-unsaturated/α-hetero) is 1. The molecule has 4 heteroatoms. The number of primary amides is 1. The standard InChI is InChI=1S/C12H12N2O2/c1-2-8-10(12(13)16)11(15)7-5-3-4-6-9(7)14-8/h3-6,10H,2H2,1H3,(H2,13,16). The first-order chi connectivity index (χ1) is 7.65. The summed E-state index contributed by atoms with van der Waals surface area (Å²) in [5, 5.41) is 0. The number of hydrogen-bond acceptors (Lipinski definition) is 3. The molecule has 1 aromatic carbocycles. The molecule has 1 aliphatic rings. The lowest BCUT2D eigenvalue weighted by Gasteiger charge is -2.20. The van der Waals surface area contributed by atoms with Crippen molar-refractivity contribution in [3.05, 3.63) is 29.8 Å². The van der Waals surface area contributed by atoms with E-state index in [1.54, 1.807) is 18.2 Å². The van der Waals surface area contributed by atoms with Gasteiger partial charge in [-0.2, -0.15) is 0 Å². The van der Waals surface area contributed by atoms with Gasteiger partial charge in [0.2, 0.25) is 5.91 Å². The molecule has 1 atom stereocenters. The lowest BCUT2D eigenvalue weighted by molar-refractivity contribution is -0.118. The maximum absolute atomic E-state index is 12.0. The molecule has 4 nitrogen and oxygen atoms in total. The highest BCUT2D eigenvalue weighted by Crippen LogP contribution is 2.29. The zero-order chi connectivity index (χ0) is 11.7. The van der Waals surface area contributed by atoms with Gasteiger partial charge in [-0.05, 0) is 18.6 Å². The Labute approximate surface area is 93.2 Å². The van der Waals surface area contributed by atoms with Gasteiger partial charge in [0, 0.05) is 11.3 Å². The minimum absolute atomic E-state index is 0.241. The molecule has 0 aliphatic carbocycles. The number of nitrogens with zero attached hydrogens (tertiary/aromatic N) is 1. The summed E-state index contributed by atoms with van der Waals surface area (Å²) < 4.78 is 0. The van der Waals surface area contributed by atoms with Crippen LogP contribution in [0.2, 0.25) is 0 Å². The van der Waals surface area contributed by atoms with E-state index in [0.717, 1.165) is 0 Å². The Morgan fingerprint density at radius 2 is 2.12 bits per heavy atom. The third kappa shape index (κ3) is 1.52. The number of ketones is 1. The van der Waals surface area contributed by atoms with Crippen molar-refractivity contribution in [2.45, 2.75) is 13.3 Å². The predicted molar refractivity (Wildman–Crippen MR) is 60.8 cm³/mol. The van der Waals surface area contributed by atoms with Gasteiger partial charge in [-0.3, -0.25) is 14.6 Å². The molecule has 1 heterocycles. The summed E-state index contributed by atoms with van der Waals surface area (Å²) in [7, 11) is 0. The van der Waals surface area contributed by atoms with Crippen LogP contribution in [0.1, 0.15) is 23.7 Å². The van der Waals surface area contributed by atoms with E-state index >= 15 is 0 Å². The van der Waals surface area contributed by atoms with Gasteiger partial charge in [0.25, 0.3) is 0 Å². The van der Waals surface area contributed by atoms with Crippen LogP contribution < -0.4 is 5.73 Å². The van der Waals surface area contributed by atoms with Gasteiger partial charge in [0.15, 0.2) is 5.78 Å². The SMILES string of the molecule is CCC1=Nc2ccccc2C(=O)C1C(N)=O. The fourth-order valence-corrected chi connectivity index (χ4v) is 1.88. The zero-order valence-electron chi connectivity index (χ0n) is 8.93. The Morgan fingerprint density at radius 1 is 1.44 bits per heavy atom. The Kier molecular flexibility index (Phi) is 2.56. The molecule has 0 saturated carbocycles. The zero-order valence-corrected chi connectivity index (χ0v) is 8.93. The molecule has 0 radical (unpaired) electrons. The Hall–Kier alpha value is -1.97. The van der Waals surface area contributed by atoms with Crippen LogP contribution in [0.4, 0.5) is 5.69 Å². The number of carbonyl (C=O) groups is 2. The molecule has 1 amide bonds. The van der Waals surface area contributed by atoms with Crippen LogP contribution in [0.25, 0.3) is 0 Å². The molecule has 16 heavy (non-hydrogen) atoms. The van der Waals surface area contributed by atoms with E-state index in [4.69, 9.17) is 5.73 Å². The Morgan fingerprint density at radius 3 is 2.75 bits per heavy atom. The Balaban J connectivity index is 2.58. The summed E-state index contributed by atoms with van der Waals surface area (Å²) in [6, 6.07) is 7.00. The normalized spacial score (nSPS) is 18.9. The van der Waals surface area contributed by atoms with E-state index in [0.29, 0.717) is 23.4 Å². The first-order valence-electron chi connectivity index (χ1n) is 5.15. The van der Waals surface area contributed by atoms with Gasteiger partial charge in [-0.15, -0.1) is 0 Å². The molecule has 0 fully saturated rings. The first-order valence-corrected chi connectivity index (χ1v) is 5.15. The maximum atomic E-state index is 12.0. The largest absolute Gasteiger partial charge is 0.369 e. The molecule has 2 N–H and O–H groups in total. The van der Waals surface area contributed by atoms with Crippen molar-refractivity contribution in [1.82, 2.24) is 0 Å². The maximum Gasteiger partial charge on any atom is 0.234 e. The summed E-state index contributed by atoms with van der Waals surface area (Å²) in [6.45, 7) is 1.86. The molecule has 0 spiro atoms. The third-order valence-corrected chi connectivity index (χ3v) is 2.68. The van der Waals surface area contributed by atoms with Crippen LogP contribution in [0.15, 0.2) is 29.3 Å². The quantitative estimate of drug-likeness (QED) is 0.760. The minimum Gasteiger partial charge on any atom is -0.369 e. The van der Waals surface area contributed by atoms with E-state index in [9.17, 15) is 9.59 Å². The van der Waals surface area contributed by atoms with Gasteiger partial charge in [0.1, 0.15) is 5.92 Å². The van der Waals surface area contributed by atoms with Crippen LogP contribution >= 0.6 is 0 Å². The number of carbonyl (C=O) groups excluding carboxylic acids is 2. The molecule has 1 unspecified atom stereocenters. The number of aliphatic imine (C=N–C) groups is 1. The van der Waals surface area contributed by atoms with Crippen molar-refractivity contribution in [1.29, 1.82) is 0 Å². The fraction of sp³-hybridized carbons (Fsp3) is 0.250. The predicted octanol–water partition coefficient (Wildman–Crippen LogP) is 1.47. The number of amides is 1. The molecule has 0 saturated heterocycles. The van der Waals surface area contributed by atoms with E-state index < -0.39 is 11.8 Å². The van der Waals surface area contributed by atoms with E-state index in [1.165, 1.54) is 0 Å². The Bertz CT molecular complexity index is 492. The average molecular weight is 216 g/mol. The van der Waals surface area contributed by atoms with Gasteiger partial charge >= 0.3 is 0 Å². The van der Waals surface area contributed by atoms with Crippen LogP contribution in [0.3, 0.4) is 0 Å². The molecule has 0 aromatic heterocycles. The van der Waals surface area contributed by atoms with Crippen LogP contribution in [0.5, 0.6) is 0 Å². The number of rotatable bonds is 2. The summed E-state index contributed by atoms with van der Waals surface area (Å²) in [5.41, 5.74) is 6.89. The van der Waals surface area contributed by atoms with Crippen molar-refractivity contribution >= 4 is 23.1 Å². The third-order valence-electron chi connectivity index (χ3n) is 2.68. The second-order valence-electron chi connectivity index (χ2n) is 3.67. The molecule has 0 bridgehead atoms. The number of benzene rings is 1. The average Bonchev–Trinajstić information content (AvgIpc) is 2.28. The second kappa shape index (κ2) is 3.89. The summed E-state index contributed by atoms with van der Waals surface area (Å²) in [4.78, 5) is 27.6. The molecular weight excluding hydrogens is 204 g/mol. The lowest BCUT2D eigenvalue weighted by Crippen LogP contribution is -2.38. The van der Waals surface area contributed by atoms with Crippen molar-refractivity contribution in [2.24, 2.45) is 16.6 Å². The van der Waals surface area contributed by atoms with Crippen LogP contribution in [-0.2, 0) is 4.79 Å². The summed E-state index contributed by atoms with van der Waals surface area (Å²) >= 11 is 0. The van der Waals surface area contributed by atoms with E-state index in [2.05, 4.69) is 4.99 Å². The summed E-state index contributed by atoms with van der Waals surface area (Å²) in [5.74, 6) is -1.75. The number of para-hydroxylation sites is 1. The molecular formula is C12H12N2O2. The molecule has 2 rings (SSSR count). The first kappa shape index (κ1) is 10.5. The number of hydrogen-bond donors (Lipinski definition) is 1. The molecule has 82 valence electrons. The fourth-order valence-electron chi connectivity index (χ4n) is 1.88. The van der Waals surface area contributed by atoms with Gasteiger partial charge in [-0.1, -0.05) is 19.1 Å². The smallest absolute Gasteiger partial charge is 0.234 e. The monoisotopic (exact) mass is 216 g/mol. The lowest BCUT2D eigenvalue weighted by atomic mass is 9.87. The minimum atomic E-state index is -0.889. The van der Waals surface area contributed by atoms with Crippen molar-refractivity contribution in [3.8, 4) is 0 Å². The molecule has 1 aromatic rings. The highest BCUT2D eigenvalue weighted by Gasteiger charge is 2.34. The van der Waals surface area contributed by atoms with Gasteiger partial charge < -0.3 is 5.73 Å². The van der Waals surface area contributed by atoms with E-state index in [1.807, 2.05) is 13.0 Å². The number of nitrogens with two attached hydrogens (primary N) is 1. The number of fused-ring (bicyclic) bond motifs is 1. The van der Waals surface area contributed by atoms with Crippen LogP contribution in [0, 0.1) is 5.92 Å². The highest BCUT2D eigenvalue weighted by atomic mass is 16.2. The van der Waals surface area contributed by atoms with Crippen LogP contribution in [-0.4, -0.2) is 17.4 Å². The van der Waals surface area contributed by atoms with E-state index in [-0.39, 0.29) is 5.78 Å². The van der Waals surface area contributed by atoms with Crippen molar-refractivity contribution in [3.63, 3.8) is 0 Å².